The van der Waals surface area contributed by atoms with E-state index in [1.54, 1.807) is 11.0 Å². The van der Waals surface area contributed by atoms with Crippen LogP contribution in [0.3, 0.4) is 0 Å². The number of nitrogens with zero attached hydrogens (tertiary/aromatic N) is 1. The van der Waals surface area contributed by atoms with Gasteiger partial charge in [0.05, 0.1) is 0 Å². The highest BCUT2D eigenvalue weighted by molar-refractivity contribution is 5.98. The molecule has 1 saturated heterocycles. The van der Waals surface area contributed by atoms with E-state index >= 15 is 0 Å². The molecule has 1 heterocycles. The quantitative estimate of drug-likeness (QED) is 0.813. The van der Waals surface area contributed by atoms with Gasteiger partial charge in [0.1, 0.15) is 5.82 Å². The van der Waals surface area contributed by atoms with Crippen molar-refractivity contribution in [1.29, 1.82) is 0 Å². The Morgan fingerprint density at radius 2 is 1.57 bits per heavy atom. The highest BCUT2D eigenvalue weighted by atomic mass is 19.1. The van der Waals surface area contributed by atoms with Crippen molar-refractivity contribution in [2.75, 3.05) is 13.1 Å². The summed E-state index contributed by atoms with van der Waals surface area (Å²) >= 11 is 0. The minimum atomic E-state index is -0.412. The highest BCUT2D eigenvalue weighted by Crippen LogP contribution is 2.23. The number of hydrogen-bond donors (Lipinski definition) is 0. The van der Waals surface area contributed by atoms with Crippen LogP contribution in [0, 0.1) is 11.7 Å². The Kier molecular flexibility index (Phi) is 4.51. The van der Waals surface area contributed by atoms with Crippen LogP contribution in [-0.2, 0) is 0 Å². The topological polar surface area (TPSA) is 37.4 Å². The van der Waals surface area contributed by atoms with Crippen LogP contribution in [0.15, 0.2) is 54.6 Å². The predicted octanol–water partition coefficient (Wildman–Crippen LogP) is 3.56. The fourth-order valence-electron chi connectivity index (χ4n) is 2.99. The average molecular weight is 311 g/mol. The molecule has 0 saturated carbocycles. The third-order valence-corrected chi connectivity index (χ3v) is 4.28. The van der Waals surface area contributed by atoms with Gasteiger partial charge in [-0.2, -0.15) is 0 Å². The lowest BCUT2D eigenvalue weighted by atomic mass is 9.88. The monoisotopic (exact) mass is 311 g/mol. The zero-order chi connectivity index (χ0) is 16.2. The number of amides is 1. The van der Waals surface area contributed by atoms with Crippen LogP contribution in [0.25, 0.3) is 0 Å². The summed E-state index contributed by atoms with van der Waals surface area (Å²) in [4.78, 5) is 26.5. The van der Waals surface area contributed by atoms with Crippen LogP contribution in [0.2, 0.25) is 0 Å². The van der Waals surface area contributed by atoms with Crippen LogP contribution < -0.4 is 0 Å². The Morgan fingerprint density at radius 3 is 2.22 bits per heavy atom. The smallest absolute Gasteiger partial charge is 0.253 e. The molecule has 3 nitrogen and oxygen atoms in total. The lowest BCUT2D eigenvalue weighted by Gasteiger charge is -2.31. The van der Waals surface area contributed by atoms with Crippen molar-refractivity contribution in [3.05, 3.63) is 71.5 Å². The third-order valence-electron chi connectivity index (χ3n) is 4.28. The van der Waals surface area contributed by atoms with Crippen molar-refractivity contribution in [1.82, 2.24) is 4.90 Å². The molecule has 1 fully saturated rings. The van der Waals surface area contributed by atoms with Crippen molar-refractivity contribution >= 4 is 11.7 Å². The summed E-state index contributed by atoms with van der Waals surface area (Å²) < 4.78 is 13.2. The van der Waals surface area contributed by atoms with Gasteiger partial charge in [0, 0.05) is 30.1 Å². The van der Waals surface area contributed by atoms with Crippen molar-refractivity contribution in [3.63, 3.8) is 0 Å². The van der Waals surface area contributed by atoms with Gasteiger partial charge in [-0.25, -0.2) is 4.39 Å². The van der Waals surface area contributed by atoms with Crippen LogP contribution >= 0.6 is 0 Å². The Hall–Kier alpha value is -2.49. The fraction of sp³-hybridized carbons (Fsp3) is 0.263. The normalized spacial score (nSPS) is 15.4. The Morgan fingerprint density at radius 1 is 0.913 bits per heavy atom. The summed E-state index contributed by atoms with van der Waals surface area (Å²) in [5.74, 6) is -0.488. The van der Waals surface area contributed by atoms with Gasteiger partial charge >= 0.3 is 0 Å². The molecule has 1 amide bonds. The molecule has 1 aliphatic rings. The first-order chi connectivity index (χ1) is 11.1. The van der Waals surface area contributed by atoms with Crippen molar-refractivity contribution < 1.29 is 14.0 Å². The molecule has 0 aromatic heterocycles. The van der Waals surface area contributed by atoms with E-state index in [-0.39, 0.29) is 17.6 Å². The molecule has 0 atom stereocenters. The molecule has 0 N–H and O–H groups in total. The summed E-state index contributed by atoms with van der Waals surface area (Å²) in [6.45, 7) is 1.05. The number of ketones is 1. The average Bonchev–Trinajstić information content (AvgIpc) is 2.61. The second kappa shape index (κ2) is 6.73. The number of halogens is 1. The Balaban J connectivity index is 1.62. The summed E-state index contributed by atoms with van der Waals surface area (Å²) in [5.41, 5.74) is 1.08. The Bertz CT molecular complexity index is 706. The summed E-state index contributed by atoms with van der Waals surface area (Å²) in [7, 11) is 0. The first kappa shape index (κ1) is 15.4. The van der Waals surface area contributed by atoms with Gasteiger partial charge in [-0.3, -0.25) is 9.59 Å². The zero-order valence-corrected chi connectivity index (χ0v) is 12.7. The van der Waals surface area contributed by atoms with E-state index in [2.05, 4.69) is 0 Å². The van der Waals surface area contributed by atoms with E-state index in [0.29, 0.717) is 31.5 Å². The number of Topliss-reactive ketones (excluding diaryl/α,β-unsaturated/α-hetero) is 1. The molecule has 23 heavy (non-hydrogen) atoms. The van der Waals surface area contributed by atoms with Crippen molar-refractivity contribution in [2.45, 2.75) is 12.8 Å². The van der Waals surface area contributed by atoms with E-state index in [1.165, 1.54) is 18.2 Å². The van der Waals surface area contributed by atoms with Crippen LogP contribution in [0.4, 0.5) is 4.39 Å². The van der Waals surface area contributed by atoms with Crippen LogP contribution in [0.5, 0.6) is 0 Å². The van der Waals surface area contributed by atoms with E-state index in [4.69, 9.17) is 0 Å². The van der Waals surface area contributed by atoms with Gasteiger partial charge in [-0.05, 0) is 31.0 Å². The lowest BCUT2D eigenvalue weighted by Crippen LogP contribution is -2.40. The van der Waals surface area contributed by atoms with Crippen molar-refractivity contribution in [2.24, 2.45) is 5.92 Å². The zero-order valence-electron chi connectivity index (χ0n) is 12.7. The number of carbonyl (C=O) groups excluding carboxylic acids is 2. The van der Waals surface area contributed by atoms with Gasteiger partial charge in [0.2, 0.25) is 0 Å². The van der Waals surface area contributed by atoms with Gasteiger partial charge < -0.3 is 4.90 Å². The van der Waals surface area contributed by atoms with E-state index < -0.39 is 5.82 Å². The van der Waals surface area contributed by atoms with Gasteiger partial charge in [-0.1, -0.05) is 36.4 Å². The molecule has 0 unspecified atom stereocenters. The SMILES string of the molecule is O=C(c1ccccc1)C1CCN(C(=O)c2cccc(F)c2)CC1. The fourth-order valence-corrected chi connectivity index (χ4v) is 2.99. The summed E-state index contributed by atoms with van der Waals surface area (Å²) in [5, 5.41) is 0. The second-order valence-electron chi connectivity index (χ2n) is 5.81. The first-order valence-electron chi connectivity index (χ1n) is 7.79. The molecule has 0 aliphatic carbocycles. The number of carbonyl (C=O) groups is 2. The van der Waals surface area contributed by atoms with E-state index in [9.17, 15) is 14.0 Å². The van der Waals surface area contributed by atoms with Crippen molar-refractivity contribution in [3.8, 4) is 0 Å². The van der Waals surface area contributed by atoms with Crippen LogP contribution in [-0.4, -0.2) is 29.7 Å². The number of likely N-dealkylation sites (tertiary alicyclic amines) is 1. The Labute approximate surface area is 134 Å². The molecule has 1 aliphatic heterocycles. The molecule has 2 aromatic carbocycles. The minimum Gasteiger partial charge on any atom is -0.339 e. The maximum absolute atomic E-state index is 13.2. The van der Waals surface area contributed by atoms with Crippen LogP contribution in [0.1, 0.15) is 33.6 Å². The number of hydrogen-bond acceptors (Lipinski definition) is 2. The maximum Gasteiger partial charge on any atom is 0.253 e. The first-order valence-corrected chi connectivity index (χ1v) is 7.79. The lowest BCUT2D eigenvalue weighted by molar-refractivity contribution is 0.0650. The molecule has 4 heteroatoms. The third kappa shape index (κ3) is 3.47. The molecule has 3 rings (SSSR count). The standard InChI is InChI=1S/C19H18FNO2/c20-17-8-4-7-16(13-17)19(23)21-11-9-15(10-12-21)18(22)14-5-2-1-3-6-14/h1-8,13,15H,9-12H2. The summed E-state index contributed by atoms with van der Waals surface area (Å²) in [6.07, 6.45) is 1.30. The largest absolute Gasteiger partial charge is 0.339 e. The molecular formula is C19H18FNO2. The molecular weight excluding hydrogens is 293 g/mol. The van der Waals surface area contributed by atoms with Gasteiger partial charge in [0.15, 0.2) is 5.78 Å². The molecule has 118 valence electrons. The maximum atomic E-state index is 13.2. The summed E-state index contributed by atoms with van der Waals surface area (Å²) in [6, 6.07) is 15.0. The molecule has 0 bridgehead atoms. The predicted molar refractivity (Wildman–Crippen MR) is 85.8 cm³/mol. The van der Waals surface area contributed by atoms with Gasteiger partial charge in [-0.15, -0.1) is 0 Å². The van der Waals surface area contributed by atoms with Gasteiger partial charge in [0.25, 0.3) is 5.91 Å². The number of piperidine rings is 1. The number of rotatable bonds is 3. The molecule has 0 radical (unpaired) electrons. The molecule has 2 aromatic rings. The minimum absolute atomic E-state index is 0.0473. The van der Waals surface area contributed by atoms with E-state index in [1.807, 2.05) is 30.3 Å². The second-order valence-corrected chi connectivity index (χ2v) is 5.81. The number of benzene rings is 2. The molecule has 0 spiro atoms. The van der Waals surface area contributed by atoms with E-state index in [0.717, 1.165) is 5.56 Å². The highest BCUT2D eigenvalue weighted by Gasteiger charge is 2.28.